The van der Waals surface area contributed by atoms with E-state index < -0.39 is 5.97 Å². The Morgan fingerprint density at radius 2 is 1.75 bits per heavy atom. The van der Waals surface area contributed by atoms with Crippen molar-refractivity contribution in [2.75, 3.05) is 6.61 Å². The lowest BCUT2D eigenvalue weighted by atomic mass is 9.98. The number of carbonyl (C=O) groups is 1. The van der Waals surface area contributed by atoms with Gasteiger partial charge in [-0.1, -0.05) is 37.8 Å². The molecule has 2 saturated carbocycles. The topological polar surface area (TPSA) is 51.5 Å². The predicted molar refractivity (Wildman–Crippen MR) is 128 cm³/mol. The molecule has 1 N–H and O–H groups in total. The average Bonchev–Trinajstić information content (AvgIpc) is 3.57. The number of nitrogens with zero attached hydrogens (tertiary/aromatic N) is 1. The molecular formula is C28H33NO3. The molecule has 2 aliphatic carbocycles. The zero-order valence-corrected chi connectivity index (χ0v) is 18.8. The van der Waals surface area contributed by atoms with E-state index in [1.165, 1.54) is 62.3 Å². The number of aryl methyl sites for hydroxylation is 1. The van der Waals surface area contributed by atoms with Gasteiger partial charge in [0.05, 0.1) is 6.61 Å². The van der Waals surface area contributed by atoms with Crippen LogP contribution in [0.2, 0.25) is 0 Å². The van der Waals surface area contributed by atoms with E-state index in [1.807, 2.05) is 12.1 Å². The average molecular weight is 432 g/mol. The van der Waals surface area contributed by atoms with Gasteiger partial charge in [-0.25, -0.2) is 0 Å². The lowest BCUT2D eigenvalue weighted by Crippen LogP contribution is -2.09. The summed E-state index contributed by atoms with van der Waals surface area (Å²) in [5.41, 5.74) is 4.55. The minimum absolute atomic E-state index is 0.144. The molecule has 0 unspecified atom stereocenters. The van der Waals surface area contributed by atoms with Gasteiger partial charge in [0.25, 0.3) is 0 Å². The van der Waals surface area contributed by atoms with E-state index >= 15 is 0 Å². The van der Waals surface area contributed by atoms with Crippen molar-refractivity contribution >= 4 is 16.9 Å². The Bertz CT molecular complexity index is 1090. The number of carboxylic acid groups (broad SMARTS) is 1. The first-order valence-electron chi connectivity index (χ1n) is 12.3. The number of fused-ring (bicyclic) bond motifs is 1. The van der Waals surface area contributed by atoms with Crippen molar-refractivity contribution in [2.24, 2.45) is 5.92 Å². The van der Waals surface area contributed by atoms with Crippen molar-refractivity contribution in [3.05, 3.63) is 54.2 Å². The number of aliphatic carboxylic acids is 1. The monoisotopic (exact) mass is 431 g/mol. The highest BCUT2D eigenvalue weighted by atomic mass is 16.5. The van der Waals surface area contributed by atoms with Crippen LogP contribution in [0.25, 0.3) is 22.0 Å². The van der Waals surface area contributed by atoms with Gasteiger partial charge in [-0.05, 0) is 79.5 Å². The van der Waals surface area contributed by atoms with E-state index in [0.717, 1.165) is 29.0 Å². The maximum Gasteiger partial charge on any atom is 0.303 e. The lowest BCUT2D eigenvalue weighted by molar-refractivity contribution is -0.136. The minimum atomic E-state index is -0.761. The summed E-state index contributed by atoms with van der Waals surface area (Å²) in [5.74, 6) is 0.797. The molecule has 4 heteroatoms. The Balaban J connectivity index is 1.46. The summed E-state index contributed by atoms with van der Waals surface area (Å²) in [7, 11) is 0. The molecule has 168 valence electrons. The maximum atomic E-state index is 11.1. The van der Waals surface area contributed by atoms with Gasteiger partial charge in [-0.3, -0.25) is 4.79 Å². The van der Waals surface area contributed by atoms with Crippen LogP contribution in [0.4, 0.5) is 0 Å². The third-order valence-corrected chi connectivity index (χ3v) is 7.37. The molecule has 32 heavy (non-hydrogen) atoms. The molecule has 0 atom stereocenters. The van der Waals surface area contributed by atoms with Gasteiger partial charge in [0.1, 0.15) is 5.75 Å². The highest BCUT2D eigenvalue weighted by Gasteiger charge is 2.19. The van der Waals surface area contributed by atoms with Crippen LogP contribution >= 0.6 is 0 Å². The molecule has 4 nitrogen and oxygen atoms in total. The van der Waals surface area contributed by atoms with Crippen molar-refractivity contribution in [2.45, 2.75) is 70.3 Å². The van der Waals surface area contributed by atoms with Crippen LogP contribution in [0.5, 0.6) is 5.75 Å². The highest BCUT2D eigenvalue weighted by Crippen LogP contribution is 2.37. The smallest absolute Gasteiger partial charge is 0.303 e. The summed E-state index contributed by atoms with van der Waals surface area (Å²) < 4.78 is 8.78. The second kappa shape index (κ2) is 9.40. The lowest BCUT2D eigenvalue weighted by Gasteiger charge is -2.17. The van der Waals surface area contributed by atoms with Gasteiger partial charge < -0.3 is 14.4 Å². The second-order valence-corrected chi connectivity index (χ2v) is 9.62. The fraction of sp³-hybridized carbons (Fsp3) is 0.464. The van der Waals surface area contributed by atoms with Crippen molar-refractivity contribution in [3.63, 3.8) is 0 Å². The van der Waals surface area contributed by atoms with E-state index in [4.69, 9.17) is 9.84 Å². The summed E-state index contributed by atoms with van der Waals surface area (Å²) >= 11 is 0. The first-order chi connectivity index (χ1) is 15.7. The number of hydrogen-bond donors (Lipinski definition) is 1. The van der Waals surface area contributed by atoms with Crippen LogP contribution in [-0.4, -0.2) is 22.2 Å². The van der Waals surface area contributed by atoms with Gasteiger partial charge in [0.2, 0.25) is 0 Å². The molecule has 5 rings (SSSR count). The minimum Gasteiger partial charge on any atom is -0.493 e. The van der Waals surface area contributed by atoms with Crippen molar-refractivity contribution < 1.29 is 14.6 Å². The van der Waals surface area contributed by atoms with Gasteiger partial charge in [0, 0.05) is 35.1 Å². The predicted octanol–water partition coefficient (Wildman–Crippen LogP) is 7.01. The van der Waals surface area contributed by atoms with Gasteiger partial charge >= 0.3 is 5.97 Å². The number of carboxylic acids is 1. The van der Waals surface area contributed by atoms with Gasteiger partial charge in [0.15, 0.2) is 0 Å². The second-order valence-electron chi connectivity index (χ2n) is 9.62. The molecule has 0 saturated heterocycles. The quantitative estimate of drug-likeness (QED) is 0.417. The van der Waals surface area contributed by atoms with E-state index in [-0.39, 0.29) is 6.42 Å². The molecule has 0 radical (unpaired) electrons. The molecule has 3 aromatic rings. The summed E-state index contributed by atoms with van der Waals surface area (Å²) in [6.45, 7) is 0.766. The normalized spacial score (nSPS) is 17.4. The zero-order valence-electron chi connectivity index (χ0n) is 18.8. The Kier molecular flexibility index (Phi) is 6.20. The maximum absolute atomic E-state index is 11.1. The number of ether oxygens (including phenoxy) is 1. The first kappa shape index (κ1) is 21.1. The highest BCUT2D eigenvalue weighted by molar-refractivity contribution is 5.87. The Morgan fingerprint density at radius 1 is 0.969 bits per heavy atom. The molecule has 2 fully saturated rings. The van der Waals surface area contributed by atoms with E-state index in [9.17, 15) is 4.79 Å². The van der Waals surface area contributed by atoms with E-state index in [2.05, 4.69) is 41.1 Å². The SMILES string of the molecule is O=C(O)CCc1ccc(OCC2CCCC2)c(-c2ccc3c(ccn3C3CCCC3)c2)c1. The number of benzene rings is 2. The molecule has 2 aromatic carbocycles. The van der Waals surface area contributed by atoms with Crippen LogP contribution in [0.3, 0.4) is 0 Å². The standard InChI is InChI=1S/C28H33NO3/c30-28(31)14-10-20-9-13-27(32-19-21-5-1-2-6-21)25(17-20)22-11-12-26-23(18-22)15-16-29(26)24-7-3-4-8-24/h9,11-13,15-18,21,24H,1-8,10,14,19H2,(H,30,31). The van der Waals surface area contributed by atoms with E-state index in [1.54, 1.807) is 0 Å². The third kappa shape index (κ3) is 4.55. The molecule has 1 aromatic heterocycles. The van der Waals surface area contributed by atoms with Gasteiger partial charge in [-0.2, -0.15) is 0 Å². The zero-order chi connectivity index (χ0) is 21.9. The Morgan fingerprint density at radius 3 is 2.53 bits per heavy atom. The molecule has 2 aliphatic rings. The Hall–Kier alpha value is -2.75. The summed E-state index contributed by atoms with van der Waals surface area (Å²) in [5, 5.41) is 10.4. The van der Waals surface area contributed by atoms with Crippen LogP contribution < -0.4 is 4.74 Å². The summed E-state index contributed by atoms with van der Waals surface area (Å²) in [4.78, 5) is 11.1. The van der Waals surface area contributed by atoms with Crippen molar-refractivity contribution in [1.29, 1.82) is 0 Å². The molecule has 0 aliphatic heterocycles. The molecule has 1 heterocycles. The van der Waals surface area contributed by atoms with Crippen LogP contribution in [-0.2, 0) is 11.2 Å². The number of aromatic nitrogens is 1. The summed E-state index contributed by atoms with van der Waals surface area (Å²) in [6, 6.07) is 15.7. The third-order valence-electron chi connectivity index (χ3n) is 7.37. The summed E-state index contributed by atoms with van der Waals surface area (Å²) in [6.07, 6.45) is 13.3. The Labute approximate surface area is 190 Å². The van der Waals surface area contributed by atoms with Crippen molar-refractivity contribution in [3.8, 4) is 16.9 Å². The largest absolute Gasteiger partial charge is 0.493 e. The molecular weight excluding hydrogens is 398 g/mol. The van der Waals surface area contributed by atoms with Crippen LogP contribution in [0.15, 0.2) is 48.7 Å². The van der Waals surface area contributed by atoms with E-state index in [0.29, 0.717) is 18.4 Å². The number of hydrogen-bond acceptors (Lipinski definition) is 2. The van der Waals surface area contributed by atoms with Gasteiger partial charge in [-0.15, -0.1) is 0 Å². The first-order valence-corrected chi connectivity index (χ1v) is 12.3. The molecule has 0 amide bonds. The fourth-order valence-corrected chi connectivity index (χ4v) is 5.55. The molecule has 0 spiro atoms. The fourth-order valence-electron chi connectivity index (χ4n) is 5.55. The van der Waals surface area contributed by atoms with Crippen LogP contribution in [0, 0.1) is 5.92 Å². The van der Waals surface area contributed by atoms with Crippen LogP contribution in [0.1, 0.15) is 69.4 Å². The van der Waals surface area contributed by atoms with Crippen molar-refractivity contribution in [1.82, 2.24) is 4.57 Å². The number of rotatable bonds is 8. The molecule has 0 bridgehead atoms.